The first-order valence-corrected chi connectivity index (χ1v) is 7.66. The number of carbonyl (C=O) groups excluding carboxylic acids is 1. The van der Waals surface area contributed by atoms with Crippen molar-refractivity contribution in [1.29, 1.82) is 0 Å². The molecule has 0 fully saturated rings. The summed E-state index contributed by atoms with van der Waals surface area (Å²) < 4.78 is 6.99. The molecule has 0 bridgehead atoms. The zero-order valence-electron chi connectivity index (χ0n) is 12.9. The molecule has 7 heteroatoms. The number of carbonyl (C=O) groups is 1. The number of hydrogen-bond acceptors (Lipinski definition) is 4. The van der Waals surface area contributed by atoms with Crippen LogP contribution in [-0.2, 0) is 4.79 Å². The van der Waals surface area contributed by atoms with E-state index in [4.69, 9.17) is 16.3 Å². The van der Waals surface area contributed by atoms with Gasteiger partial charge in [-0.15, -0.1) is 5.10 Å². The van der Waals surface area contributed by atoms with Crippen LogP contribution in [0.4, 0.5) is 5.82 Å². The molecule has 2 heterocycles. The number of nitrogens with zero attached hydrogens (tertiary/aromatic N) is 3. The van der Waals surface area contributed by atoms with E-state index in [9.17, 15) is 4.79 Å². The fraction of sp³-hybridized carbons (Fsp3) is 0.118. The van der Waals surface area contributed by atoms with Crippen molar-refractivity contribution in [2.75, 3.05) is 11.9 Å². The quantitative estimate of drug-likeness (QED) is 0.772. The number of ether oxygens (including phenoxy) is 1. The van der Waals surface area contributed by atoms with E-state index in [1.54, 1.807) is 16.9 Å². The monoisotopic (exact) mass is 342 g/mol. The predicted octanol–water partition coefficient (Wildman–Crippen LogP) is 3.25. The Hall–Kier alpha value is -2.86. The second-order valence-corrected chi connectivity index (χ2v) is 5.47. The van der Waals surface area contributed by atoms with Crippen molar-refractivity contribution in [3.05, 3.63) is 65.4 Å². The standard InChI is InChI=1S/C17H15ClN4O2/c1-12-6-5-9-15(19-12)20-16(23)11-24-17-14(18)10-22(21-17)13-7-3-2-4-8-13/h2-10H,11H2,1H3,(H,19,20,23). The van der Waals surface area contributed by atoms with Crippen LogP contribution in [0.25, 0.3) is 5.69 Å². The first kappa shape index (κ1) is 16.0. The SMILES string of the molecule is Cc1cccc(NC(=O)COc2nn(-c3ccccc3)cc2Cl)n1. The molecule has 0 radical (unpaired) electrons. The smallest absolute Gasteiger partial charge is 0.263 e. The van der Waals surface area contributed by atoms with Crippen LogP contribution in [0.15, 0.2) is 54.7 Å². The summed E-state index contributed by atoms with van der Waals surface area (Å²) in [4.78, 5) is 16.1. The maximum absolute atomic E-state index is 11.9. The number of aryl methyl sites for hydroxylation is 1. The Balaban J connectivity index is 1.62. The van der Waals surface area contributed by atoms with E-state index in [-0.39, 0.29) is 18.4 Å². The number of hydrogen-bond donors (Lipinski definition) is 1. The Morgan fingerprint density at radius 2 is 2.00 bits per heavy atom. The van der Waals surface area contributed by atoms with Crippen molar-refractivity contribution in [3.63, 3.8) is 0 Å². The molecule has 1 amide bonds. The number of aromatic nitrogens is 3. The molecule has 0 saturated heterocycles. The fourth-order valence-corrected chi connectivity index (χ4v) is 2.26. The van der Waals surface area contributed by atoms with Crippen molar-refractivity contribution < 1.29 is 9.53 Å². The summed E-state index contributed by atoms with van der Waals surface area (Å²) in [6.07, 6.45) is 1.63. The Morgan fingerprint density at radius 3 is 2.75 bits per heavy atom. The molecule has 3 rings (SSSR count). The molecule has 0 unspecified atom stereocenters. The number of para-hydroxylation sites is 1. The highest BCUT2D eigenvalue weighted by molar-refractivity contribution is 6.31. The number of rotatable bonds is 5. The van der Waals surface area contributed by atoms with Gasteiger partial charge in [0.2, 0.25) is 0 Å². The lowest BCUT2D eigenvalue weighted by Gasteiger charge is -2.06. The maximum atomic E-state index is 11.9. The van der Waals surface area contributed by atoms with E-state index in [1.807, 2.05) is 49.4 Å². The van der Waals surface area contributed by atoms with Gasteiger partial charge in [0, 0.05) is 5.69 Å². The summed E-state index contributed by atoms with van der Waals surface area (Å²) >= 11 is 6.11. The molecule has 0 aliphatic heterocycles. The van der Waals surface area contributed by atoms with Crippen LogP contribution in [-0.4, -0.2) is 27.3 Å². The third-order valence-electron chi connectivity index (χ3n) is 3.16. The average Bonchev–Trinajstić information content (AvgIpc) is 2.95. The summed E-state index contributed by atoms with van der Waals surface area (Å²) in [6, 6.07) is 14.9. The summed E-state index contributed by atoms with van der Waals surface area (Å²) in [6.45, 7) is 1.64. The van der Waals surface area contributed by atoms with Crippen LogP contribution >= 0.6 is 11.6 Å². The Bertz CT molecular complexity index is 849. The van der Waals surface area contributed by atoms with Gasteiger partial charge in [0.15, 0.2) is 6.61 Å². The van der Waals surface area contributed by atoms with Gasteiger partial charge in [0.1, 0.15) is 10.8 Å². The highest BCUT2D eigenvalue weighted by Gasteiger charge is 2.12. The predicted molar refractivity (Wildman–Crippen MR) is 91.7 cm³/mol. The molecular formula is C17H15ClN4O2. The Morgan fingerprint density at radius 1 is 1.21 bits per heavy atom. The van der Waals surface area contributed by atoms with Crippen molar-refractivity contribution in [2.24, 2.45) is 0 Å². The zero-order chi connectivity index (χ0) is 16.9. The molecule has 0 aliphatic rings. The minimum Gasteiger partial charge on any atom is -0.465 e. The summed E-state index contributed by atoms with van der Waals surface area (Å²) in [7, 11) is 0. The number of pyridine rings is 1. The normalized spacial score (nSPS) is 10.4. The van der Waals surface area contributed by atoms with Crippen LogP contribution in [0.3, 0.4) is 0 Å². The van der Waals surface area contributed by atoms with Crippen LogP contribution in [0.5, 0.6) is 5.88 Å². The van der Waals surface area contributed by atoms with Gasteiger partial charge in [0.25, 0.3) is 11.8 Å². The first-order valence-electron chi connectivity index (χ1n) is 7.29. The van der Waals surface area contributed by atoms with Gasteiger partial charge in [-0.25, -0.2) is 9.67 Å². The summed E-state index contributed by atoms with van der Waals surface area (Å²) in [5, 5.41) is 7.23. The van der Waals surface area contributed by atoms with Crippen LogP contribution in [0.1, 0.15) is 5.69 Å². The highest BCUT2D eigenvalue weighted by atomic mass is 35.5. The van der Waals surface area contributed by atoms with Crippen molar-refractivity contribution in [2.45, 2.75) is 6.92 Å². The third-order valence-corrected chi connectivity index (χ3v) is 3.41. The van der Waals surface area contributed by atoms with E-state index in [2.05, 4.69) is 15.4 Å². The largest absolute Gasteiger partial charge is 0.465 e. The number of benzene rings is 1. The second kappa shape index (κ2) is 7.14. The number of nitrogens with one attached hydrogen (secondary N) is 1. The zero-order valence-corrected chi connectivity index (χ0v) is 13.7. The van der Waals surface area contributed by atoms with Gasteiger partial charge in [-0.05, 0) is 31.2 Å². The number of amides is 1. The van der Waals surface area contributed by atoms with Gasteiger partial charge < -0.3 is 10.1 Å². The van der Waals surface area contributed by atoms with E-state index in [1.165, 1.54) is 0 Å². The maximum Gasteiger partial charge on any atom is 0.263 e. The lowest BCUT2D eigenvalue weighted by atomic mass is 10.3. The third kappa shape index (κ3) is 3.91. The molecule has 122 valence electrons. The van der Waals surface area contributed by atoms with Crippen molar-refractivity contribution in [1.82, 2.24) is 14.8 Å². The van der Waals surface area contributed by atoms with Crippen LogP contribution < -0.4 is 10.1 Å². The van der Waals surface area contributed by atoms with E-state index in [0.717, 1.165) is 11.4 Å². The van der Waals surface area contributed by atoms with E-state index >= 15 is 0 Å². The van der Waals surface area contributed by atoms with Crippen molar-refractivity contribution >= 4 is 23.3 Å². The Kier molecular flexibility index (Phi) is 4.77. The molecule has 0 aliphatic carbocycles. The Labute approximate surface area is 144 Å². The topological polar surface area (TPSA) is 69.0 Å². The minimum atomic E-state index is -0.335. The van der Waals surface area contributed by atoms with Crippen LogP contribution in [0, 0.1) is 6.92 Å². The molecular weight excluding hydrogens is 328 g/mol. The summed E-state index contributed by atoms with van der Waals surface area (Å²) in [5.74, 6) is 0.343. The molecule has 24 heavy (non-hydrogen) atoms. The molecule has 1 aromatic carbocycles. The molecule has 3 aromatic rings. The molecule has 0 atom stereocenters. The lowest BCUT2D eigenvalue weighted by Crippen LogP contribution is -2.21. The number of anilines is 1. The minimum absolute atomic E-state index is 0.202. The molecule has 6 nitrogen and oxygen atoms in total. The molecule has 2 aromatic heterocycles. The number of halogens is 1. The van der Waals surface area contributed by atoms with Gasteiger partial charge >= 0.3 is 0 Å². The van der Waals surface area contributed by atoms with E-state index < -0.39 is 0 Å². The first-order chi connectivity index (χ1) is 11.6. The van der Waals surface area contributed by atoms with Crippen molar-refractivity contribution in [3.8, 4) is 11.6 Å². The van der Waals surface area contributed by atoms with Gasteiger partial charge in [-0.1, -0.05) is 35.9 Å². The molecule has 0 spiro atoms. The van der Waals surface area contributed by atoms with Gasteiger partial charge in [-0.2, -0.15) is 0 Å². The summed E-state index contributed by atoms with van der Waals surface area (Å²) in [5.41, 5.74) is 1.67. The lowest BCUT2D eigenvalue weighted by molar-refractivity contribution is -0.118. The van der Waals surface area contributed by atoms with E-state index in [0.29, 0.717) is 10.8 Å². The fourth-order valence-electron chi connectivity index (χ4n) is 2.07. The molecule has 1 N–H and O–H groups in total. The average molecular weight is 343 g/mol. The highest BCUT2D eigenvalue weighted by Crippen LogP contribution is 2.23. The second-order valence-electron chi connectivity index (χ2n) is 5.06. The van der Waals surface area contributed by atoms with Gasteiger partial charge in [0.05, 0.1) is 11.9 Å². The van der Waals surface area contributed by atoms with Crippen LogP contribution in [0.2, 0.25) is 5.02 Å². The van der Waals surface area contributed by atoms with Gasteiger partial charge in [-0.3, -0.25) is 4.79 Å². The molecule has 0 saturated carbocycles.